The molecule has 0 saturated carbocycles. The van der Waals surface area contributed by atoms with Gasteiger partial charge in [0.1, 0.15) is 17.1 Å². The van der Waals surface area contributed by atoms with E-state index in [1.807, 2.05) is 48.7 Å². The number of aromatic amines is 1. The third kappa shape index (κ3) is 9.98. The Bertz CT molecular complexity index is 1960. The van der Waals surface area contributed by atoms with Crippen molar-refractivity contribution in [1.29, 1.82) is 0 Å². The Morgan fingerprint density at radius 2 is 1.75 bits per heavy atom. The van der Waals surface area contributed by atoms with Crippen molar-refractivity contribution >= 4 is 57.7 Å². The molecule has 0 aliphatic carbocycles. The Morgan fingerprint density at radius 3 is 2.53 bits per heavy atom. The lowest BCUT2D eigenvalue weighted by Crippen LogP contribution is -2.57. The largest absolute Gasteiger partial charge is 0.370 e. The summed E-state index contributed by atoms with van der Waals surface area (Å²) in [4.78, 5) is 55.6. The number of hydrogen-bond donors (Lipinski definition) is 7. The van der Waals surface area contributed by atoms with Gasteiger partial charge in [0.2, 0.25) is 17.7 Å². The van der Waals surface area contributed by atoms with Crippen LogP contribution < -0.4 is 38.1 Å². The number of rotatable bonds is 10. The van der Waals surface area contributed by atoms with E-state index in [-0.39, 0.29) is 36.7 Å². The molecule has 6 rings (SSSR count). The topological polar surface area (TPSA) is 201 Å². The van der Waals surface area contributed by atoms with Gasteiger partial charge in [-0.15, -0.1) is 0 Å². The predicted octanol–water partition coefficient (Wildman–Crippen LogP) is 3.42. The maximum atomic E-state index is 14.5. The van der Waals surface area contributed by atoms with E-state index in [2.05, 4.69) is 31.9 Å². The molecule has 294 valence electrons. The highest BCUT2D eigenvalue weighted by Crippen LogP contribution is 2.40. The van der Waals surface area contributed by atoms with Crippen LogP contribution in [0.2, 0.25) is 5.02 Å². The van der Waals surface area contributed by atoms with Crippen molar-refractivity contribution in [1.82, 2.24) is 30.8 Å². The number of aromatic nitrogens is 2. The van der Waals surface area contributed by atoms with E-state index < -0.39 is 18.1 Å². The minimum Gasteiger partial charge on any atom is -0.370 e. The Kier molecular flexibility index (Phi) is 14.1. The van der Waals surface area contributed by atoms with Gasteiger partial charge in [-0.3, -0.25) is 14.4 Å². The molecule has 4 aromatic rings. The summed E-state index contributed by atoms with van der Waals surface area (Å²) in [5, 5.41) is 11.9. The standard InChI is InChI=1S/C40H53ClN10O3S/c1-50-35(19-26-22-46-32-10-3-2-9-30(26)32)38(53)48-23-27-18-29(51-17-13-28(44)24-51)20-31(41)36(27)55-39-25(8-7-16-45-39)21-47-33(12-6-15-43)37(52)49-34(40(50)54)11-4-5-14-42/h2-3,7-10,16,18,20,22,28,33-35,46-47H,4-6,11-15,17,19,21,23-24,42-44H2,1H3,(H,48,53)(H,49,52)/t28?,33-,34-,35-/m0/s1. The summed E-state index contributed by atoms with van der Waals surface area (Å²) in [6.45, 7) is 2.86. The minimum absolute atomic E-state index is 0.0646. The number of nitrogens with two attached hydrogens (primary N) is 3. The smallest absolute Gasteiger partial charge is 0.245 e. The molecule has 2 aliphatic heterocycles. The molecule has 15 heteroatoms. The number of carbonyl (C=O) groups is 3. The van der Waals surface area contributed by atoms with Gasteiger partial charge in [0, 0.05) is 79.6 Å². The van der Waals surface area contributed by atoms with Crippen LogP contribution in [-0.4, -0.2) is 90.0 Å². The van der Waals surface area contributed by atoms with E-state index in [1.54, 1.807) is 13.2 Å². The van der Waals surface area contributed by atoms with E-state index in [0.717, 1.165) is 56.2 Å². The second-order valence-electron chi connectivity index (χ2n) is 14.4. The van der Waals surface area contributed by atoms with Gasteiger partial charge in [-0.25, -0.2) is 4.98 Å². The number of halogens is 1. The summed E-state index contributed by atoms with van der Waals surface area (Å²) in [7, 11) is 1.64. The zero-order chi connectivity index (χ0) is 38.9. The zero-order valence-electron chi connectivity index (χ0n) is 31.4. The Labute approximate surface area is 331 Å². The maximum absolute atomic E-state index is 14.5. The molecule has 0 radical (unpaired) electrons. The number of hydrogen-bond acceptors (Lipinski definition) is 10. The molecule has 3 amide bonds. The molecular formula is C40H53ClN10O3S. The molecule has 10 N–H and O–H groups in total. The van der Waals surface area contributed by atoms with Crippen LogP contribution in [0.15, 0.2) is 70.8 Å². The highest BCUT2D eigenvalue weighted by Gasteiger charge is 2.34. The number of nitrogens with one attached hydrogen (secondary N) is 4. The van der Waals surface area contributed by atoms with Crippen molar-refractivity contribution in [2.45, 2.75) is 92.1 Å². The van der Waals surface area contributed by atoms with Gasteiger partial charge in [-0.2, -0.15) is 0 Å². The summed E-state index contributed by atoms with van der Waals surface area (Å²) >= 11 is 8.53. The summed E-state index contributed by atoms with van der Waals surface area (Å²) in [5.41, 5.74) is 22.5. The van der Waals surface area contributed by atoms with Gasteiger partial charge in [0.25, 0.3) is 0 Å². The van der Waals surface area contributed by atoms with E-state index in [9.17, 15) is 14.4 Å². The summed E-state index contributed by atoms with van der Waals surface area (Å²) in [5.74, 6) is -0.997. The number of benzene rings is 2. The Balaban J connectivity index is 1.42. The van der Waals surface area contributed by atoms with Gasteiger partial charge in [0.15, 0.2) is 0 Å². The van der Waals surface area contributed by atoms with Crippen LogP contribution in [-0.2, 0) is 33.9 Å². The molecule has 0 bridgehead atoms. The van der Waals surface area contributed by atoms with Crippen LogP contribution in [0.25, 0.3) is 10.9 Å². The molecule has 2 aromatic heterocycles. The fraction of sp³-hybridized carbons (Fsp3) is 0.450. The highest BCUT2D eigenvalue weighted by atomic mass is 35.5. The van der Waals surface area contributed by atoms with Crippen LogP contribution in [0.5, 0.6) is 0 Å². The Morgan fingerprint density at radius 1 is 0.945 bits per heavy atom. The van der Waals surface area contributed by atoms with Gasteiger partial charge >= 0.3 is 0 Å². The zero-order valence-corrected chi connectivity index (χ0v) is 32.9. The molecule has 4 atom stereocenters. The molecule has 2 aromatic carbocycles. The average molecular weight is 789 g/mol. The molecule has 1 saturated heterocycles. The number of unbranched alkanes of at least 4 members (excludes halogenated alkanes) is 1. The monoisotopic (exact) mass is 788 g/mol. The number of H-pyrrole nitrogens is 1. The molecule has 4 heterocycles. The third-order valence-corrected chi connectivity index (χ3v) is 12.2. The molecule has 1 fully saturated rings. The van der Waals surface area contributed by atoms with Crippen molar-refractivity contribution < 1.29 is 14.4 Å². The normalized spacial score (nSPS) is 21.6. The summed E-state index contributed by atoms with van der Waals surface area (Å²) < 4.78 is 0. The molecule has 55 heavy (non-hydrogen) atoms. The first kappa shape index (κ1) is 40.5. The van der Waals surface area contributed by atoms with Crippen molar-refractivity contribution in [3.63, 3.8) is 0 Å². The lowest BCUT2D eigenvalue weighted by molar-refractivity contribution is -0.142. The fourth-order valence-corrected chi connectivity index (χ4v) is 8.69. The number of likely N-dealkylation sites (N-methyl/N-ethyl adjacent to an activating group) is 1. The number of fused-ring (bicyclic) bond motifs is 3. The van der Waals surface area contributed by atoms with Crippen LogP contribution in [0.3, 0.4) is 0 Å². The molecular weight excluding hydrogens is 736 g/mol. The first-order valence-electron chi connectivity index (χ1n) is 19.1. The van der Waals surface area contributed by atoms with E-state index in [1.165, 1.54) is 16.7 Å². The SMILES string of the molecule is CN1C(=O)[C@H](CCCCN)NC(=O)[C@H](CCCN)NCc2cccnc2Sc2c(Cl)cc(N3CCC(N)C3)cc2CNC(=O)[C@@H]1Cc1c[nH]c2ccccc12. The average Bonchev–Trinajstić information content (AvgIpc) is 3.82. The number of amides is 3. The second kappa shape index (κ2) is 19.1. The van der Waals surface area contributed by atoms with Gasteiger partial charge in [0.05, 0.1) is 11.1 Å². The fourth-order valence-electron chi connectivity index (χ4n) is 7.35. The van der Waals surface area contributed by atoms with Crippen LogP contribution in [0, 0.1) is 0 Å². The van der Waals surface area contributed by atoms with Gasteiger partial charge < -0.3 is 47.9 Å². The number of para-hydroxylation sites is 1. The number of nitrogens with zero attached hydrogens (tertiary/aromatic N) is 3. The van der Waals surface area contributed by atoms with Crippen molar-refractivity contribution in [2.75, 3.05) is 38.1 Å². The first-order valence-corrected chi connectivity index (χ1v) is 20.3. The third-order valence-electron chi connectivity index (χ3n) is 10.5. The van der Waals surface area contributed by atoms with Crippen molar-refractivity contribution in [2.24, 2.45) is 17.2 Å². The lowest BCUT2D eigenvalue weighted by Gasteiger charge is -2.32. The lowest BCUT2D eigenvalue weighted by atomic mass is 10.0. The quantitative estimate of drug-likeness (QED) is 0.117. The van der Waals surface area contributed by atoms with Crippen molar-refractivity contribution in [3.8, 4) is 0 Å². The summed E-state index contributed by atoms with van der Waals surface area (Å²) in [6.07, 6.45) is 7.48. The first-order chi connectivity index (χ1) is 26.7. The van der Waals surface area contributed by atoms with Crippen LogP contribution >= 0.6 is 23.4 Å². The van der Waals surface area contributed by atoms with Crippen molar-refractivity contribution in [3.05, 3.63) is 82.6 Å². The summed E-state index contributed by atoms with van der Waals surface area (Å²) in [6, 6.07) is 13.3. The number of pyridine rings is 1. The van der Waals surface area contributed by atoms with E-state index in [0.29, 0.717) is 63.3 Å². The highest BCUT2D eigenvalue weighted by molar-refractivity contribution is 7.99. The molecule has 2 aliphatic rings. The van der Waals surface area contributed by atoms with Gasteiger partial charge in [-0.05, 0) is 92.6 Å². The molecule has 13 nitrogen and oxygen atoms in total. The van der Waals surface area contributed by atoms with Crippen LogP contribution in [0.1, 0.15) is 55.2 Å². The second-order valence-corrected chi connectivity index (χ2v) is 15.8. The van der Waals surface area contributed by atoms with Crippen LogP contribution in [0.4, 0.5) is 5.69 Å². The number of anilines is 1. The van der Waals surface area contributed by atoms with E-state index in [4.69, 9.17) is 33.8 Å². The molecule has 0 spiro atoms. The van der Waals surface area contributed by atoms with E-state index >= 15 is 0 Å². The van der Waals surface area contributed by atoms with Gasteiger partial charge in [-0.1, -0.05) is 47.6 Å². The predicted molar refractivity (Wildman–Crippen MR) is 219 cm³/mol. The molecule has 1 unspecified atom stereocenters. The minimum atomic E-state index is -0.906. The Hall–Kier alpha value is -4.18. The number of carbonyl (C=O) groups excluding carboxylic acids is 3. The maximum Gasteiger partial charge on any atom is 0.245 e.